The molecular formula is C26H22F3N5O3. The summed E-state index contributed by atoms with van der Waals surface area (Å²) in [7, 11) is 0. The van der Waals surface area contributed by atoms with Crippen molar-refractivity contribution < 1.29 is 27.5 Å². The van der Waals surface area contributed by atoms with Gasteiger partial charge in [-0.3, -0.25) is 19.1 Å². The topological polar surface area (TPSA) is 89.4 Å². The first-order valence-corrected chi connectivity index (χ1v) is 11.6. The van der Waals surface area contributed by atoms with Crippen LogP contribution in [0.2, 0.25) is 0 Å². The fraction of sp³-hybridized carbons (Fsp3) is 0.231. The standard InChI is InChI=1S/C26H22F3N5O3/c1-16(24(36)32-22-10-7-18(14-31-22)17-5-3-2-4-6-17)34-20-9-8-19(13-21(20)37-15-23(34)35)33-12-11-30-25(33)26(27,28)29/h3,5-14,16H,2,4,15H2,1H3,(H,31,32,36). The largest absolute Gasteiger partial charge is 0.481 e. The molecule has 0 fully saturated rings. The molecule has 3 aromatic rings. The average Bonchev–Trinajstić information content (AvgIpc) is 3.40. The molecule has 2 aliphatic rings. The number of carbonyl (C=O) groups excluding carboxylic acids is 2. The molecule has 37 heavy (non-hydrogen) atoms. The van der Waals surface area contributed by atoms with Crippen LogP contribution in [-0.2, 0) is 15.8 Å². The minimum Gasteiger partial charge on any atom is -0.481 e. The zero-order valence-electron chi connectivity index (χ0n) is 19.7. The number of halogens is 3. The van der Waals surface area contributed by atoms with Crippen LogP contribution < -0.4 is 15.0 Å². The van der Waals surface area contributed by atoms with Gasteiger partial charge in [-0.25, -0.2) is 9.97 Å². The second kappa shape index (κ2) is 9.57. The van der Waals surface area contributed by atoms with Gasteiger partial charge in [-0.05, 0) is 55.2 Å². The quantitative estimate of drug-likeness (QED) is 0.535. The summed E-state index contributed by atoms with van der Waals surface area (Å²) in [5.74, 6) is -1.51. The first-order chi connectivity index (χ1) is 17.7. The fourth-order valence-electron chi connectivity index (χ4n) is 4.27. The maximum atomic E-state index is 13.3. The van der Waals surface area contributed by atoms with Gasteiger partial charge < -0.3 is 10.1 Å². The Morgan fingerprint density at radius 1 is 1.16 bits per heavy atom. The molecule has 11 heteroatoms. The number of allylic oxidation sites excluding steroid dienone is 4. The van der Waals surface area contributed by atoms with Crippen molar-refractivity contribution in [1.29, 1.82) is 0 Å². The first kappa shape index (κ1) is 24.3. The molecule has 8 nitrogen and oxygen atoms in total. The van der Waals surface area contributed by atoms with E-state index in [9.17, 15) is 22.8 Å². The lowest BCUT2D eigenvalue weighted by Crippen LogP contribution is -2.49. The summed E-state index contributed by atoms with van der Waals surface area (Å²) >= 11 is 0. The van der Waals surface area contributed by atoms with Gasteiger partial charge in [-0.2, -0.15) is 13.2 Å². The van der Waals surface area contributed by atoms with Crippen molar-refractivity contribution in [2.75, 3.05) is 16.8 Å². The van der Waals surface area contributed by atoms with Crippen LogP contribution >= 0.6 is 0 Å². The third kappa shape index (κ3) is 4.84. The summed E-state index contributed by atoms with van der Waals surface area (Å²) in [6, 6.07) is 6.84. The Balaban J connectivity index is 1.35. The Morgan fingerprint density at radius 2 is 2.00 bits per heavy atom. The van der Waals surface area contributed by atoms with Crippen LogP contribution in [0.4, 0.5) is 24.7 Å². The minimum absolute atomic E-state index is 0.155. The third-order valence-electron chi connectivity index (χ3n) is 6.11. The highest BCUT2D eigenvalue weighted by Gasteiger charge is 2.37. The zero-order chi connectivity index (χ0) is 26.2. The molecule has 0 spiro atoms. The van der Waals surface area contributed by atoms with E-state index in [0.29, 0.717) is 5.82 Å². The van der Waals surface area contributed by atoms with E-state index in [0.717, 1.165) is 34.7 Å². The van der Waals surface area contributed by atoms with Crippen LogP contribution in [0.1, 0.15) is 31.2 Å². The summed E-state index contributed by atoms with van der Waals surface area (Å²) in [6.07, 6.45) is 7.48. The van der Waals surface area contributed by atoms with Gasteiger partial charge in [-0.15, -0.1) is 0 Å². The highest BCUT2D eigenvalue weighted by atomic mass is 19.4. The molecule has 1 N–H and O–H groups in total. The molecule has 1 aromatic carbocycles. The molecule has 1 atom stereocenters. The normalized spacial score (nSPS) is 16.1. The molecule has 0 saturated carbocycles. The Labute approximate surface area is 210 Å². The second-order valence-corrected chi connectivity index (χ2v) is 8.56. The molecule has 3 heterocycles. The number of anilines is 2. The van der Waals surface area contributed by atoms with E-state index in [4.69, 9.17) is 4.74 Å². The molecule has 2 amide bonds. The number of carbonyl (C=O) groups is 2. The number of fused-ring (bicyclic) bond motifs is 1. The molecule has 1 unspecified atom stereocenters. The highest BCUT2D eigenvalue weighted by Crippen LogP contribution is 2.37. The molecule has 190 valence electrons. The van der Waals surface area contributed by atoms with Crippen LogP contribution in [0.15, 0.2) is 67.2 Å². The Morgan fingerprint density at radius 3 is 2.70 bits per heavy atom. The monoisotopic (exact) mass is 509 g/mol. The van der Waals surface area contributed by atoms with Gasteiger partial charge in [0.15, 0.2) is 6.61 Å². The maximum absolute atomic E-state index is 13.3. The summed E-state index contributed by atoms with van der Waals surface area (Å²) in [5.41, 5.74) is 2.43. The lowest BCUT2D eigenvalue weighted by atomic mass is 10.0. The zero-order valence-corrected chi connectivity index (χ0v) is 19.7. The number of aromatic nitrogens is 3. The van der Waals surface area contributed by atoms with Crippen LogP contribution in [0.25, 0.3) is 11.3 Å². The number of nitrogens with zero attached hydrogens (tertiary/aromatic N) is 4. The predicted octanol–water partition coefficient (Wildman–Crippen LogP) is 4.77. The summed E-state index contributed by atoms with van der Waals surface area (Å²) in [5, 5.41) is 2.72. The van der Waals surface area contributed by atoms with Gasteiger partial charge in [0, 0.05) is 24.7 Å². The van der Waals surface area contributed by atoms with Gasteiger partial charge in [0.1, 0.15) is 17.6 Å². The summed E-state index contributed by atoms with van der Waals surface area (Å²) in [6.45, 7) is 1.19. The van der Waals surface area contributed by atoms with Crippen molar-refractivity contribution in [2.24, 2.45) is 0 Å². The molecule has 2 aromatic heterocycles. The van der Waals surface area contributed by atoms with E-state index in [1.807, 2.05) is 12.1 Å². The van der Waals surface area contributed by atoms with Gasteiger partial charge in [0.05, 0.1) is 11.4 Å². The second-order valence-electron chi connectivity index (χ2n) is 8.56. The van der Waals surface area contributed by atoms with E-state index in [1.54, 1.807) is 19.2 Å². The molecular weight excluding hydrogens is 487 g/mol. The Kier molecular flexibility index (Phi) is 6.28. The van der Waals surface area contributed by atoms with Crippen molar-refractivity contribution in [3.05, 3.63) is 78.5 Å². The number of imidazole rings is 1. The number of hydrogen-bond donors (Lipinski definition) is 1. The van der Waals surface area contributed by atoms with Gasteiger partial charge in [-0.1, -0.05) is 18.2 Å². The smallest absolute Gasteiger partial charge is 0.450 e. The van der Waals surface area contributed by atoms with E-state index in [1.165, 1.54) is 29.3 Å². The van der Waals surface area contributed by atoms with Crippen LogP contribution in [-0.4, -0.2) is 39.0 Å². The SMILES string of the molecule is CC(C(=O)Nc1ccc(C2=CCCC=C2)cn1)N1C(=O)COc2cc(-n3ccnc3C(F)(F)F)ccc21. The summed E-state index contributed by atoms with van der Waals surface area (Å²) < 4.78 is 46.2. The van der Waals surface area contributed by atoms with Crippen molar-refractivity contribution in [2.45, 2.75) is 32.0 Å². The summed E-state index contributed by atoms with van der Waals surface area (Å²) in [4.78, 5) is 34.7. The number of amides is 2. The first-order valence-electron chi connectivity index (χ1n) is 11.6. The van der Waals surface area contributed by atoms with Gasteiger partial charge >= 0.3 is 6.18 Å². The predicted molar refractivity (Wildman–Crippen MR) is 130 cm³/mol. The number of nitrogens with one attached hydrogen (secondary N) is 1. The van der Waals surface area contributed by atoms with E-state index in [-0.39, 0.29) is 23.7 Å². The van der Waals surface area contributed by atoms with E-state index < -0.39 is 29.9 Å². The van der Waals surface area contributed by atoms with E-state index >= 15 is 0 Å². The minimum atomic E-state index is -4.65. The number of pyridine rings is 1. The Hall–Kier alpha value is -4.41. The molecule has 1 aliphatic heterocycles. The molecule has 5 rings (SSSR count). The average molecular weight is 509 g/mol. The number of benzene rings is 1. The maximum Gasteiger partial charge on any atom is 0.450 e. The van der Waals surface area contributed by atoms with Gasteiger partial charge in [0.25, 0.3) is 5.91 Å². The lowest BCUT2D eigenvalue weighted by Gasteiger charge is -2.33. The Bertz CT molecular complexity index is 1410. The van der Waals surface area contributed by atoms with Crippen molar-refractivity contribution in [3.8, 4) is 11.4 Å². The number of ether oxygens (including phenoxy) is 1. The molecule has 1 aliphatic carbocycles. The molecule has 0 radical (unpaired) electrons. The van der Waals surface area contributed by atoms with Crippen LogP contribution in [0.5, 0.6) is 5.75 Å². The van der Waals surface area contributed by atoms with Crippen molar-refractivity contribution in [1.82, 2.24) is 14.5 Å². The fourth-order valence-corrected chi connectivity index (χ4v) is 4.27. The third-order valence-corrected chi connectivity index (χ3v) is 6.11. The van der Waals surface area contributed by atoms with Crippen molar-refractivity contribution >= 4 is 28.9 Å². The lowest BCUT2D eigenvalue weighted by molar-refractivity contribution is -0.145. The highest BCUT2D eigenvalue weighted by molar-refractivity contribution is 6.06. The van der Waals surface area contributed by atoms with Crippen molar-refractivity contribution in [3.63, 3.8) is 0 Å². The van der Waals surface area contributed by atoms with E-state index in [2.05, 4.69) is 27.4 Å². The molecule has 0 saturated heterocycles. The molecule has 0 bridgehead atoms. The number of hydrogen-bond acceptors (Lipinski definition) is 5. The van der Waals surface area contributed by atoms with Gasteiger partial charge in [0.2, 0.25) is 11.7 Å². The van der Waals surface area contributed by atoms with Crippen LogP contribution in [0, 0.1) is 0 Å². The number of rotatable bonds is 5. The van der Waals surface area contributed by atoms with Crippen LogP contribution in [0.3, 0.4) is 0 Å². The number of alkyl halides is 3.